The van der Waals surface area contributed by atoms with Gasteiger partial charge in [-0.2, -0.15) is 4.31 Å². The summed E-state index contributed by atoms with van der Waals surface area (Å²) in [7, 11) is -3.72. The van der Waals surface area contributed by atoms with Gasteiger partial charge in [0.1, 0.15) is 6.04 Å². The second kappa shape index (κ2) is 15.9. The first kappa shape index (κ1) is 31.0. The molecule has 0 aromatic heterocycles. The average Bonchev–Trinajstić information content (AvgIpc) is 2.95. The molecule has 0 bridgehead atoms. The van der Waals surface area contributed by atoms with Gasteiger partial charge in [0.2, 0.25) is 21.8 Å². The first-order chi connectivity index (χ1) is 19.3. The lowest BCUT2D eigenvalue weighted by Crippen LogP contribution is -2.53. The van der Waals surface area contributed by atoms with E-state index in [0.29, 0.717) is 26.2 Å². The highest BCUT2D eigenvalue weighted by molar-refractivity contribution is 7.88. The number of sulfonamides is 1. The molecule has 8 nitrogen and oxygen atoms in total. The largest absolute Gasteiger partial charge is 0.382 e. The molecule has 3 aromatic carbocycles. The van der Waals surface area contributed by atoms with Crippen LogP contribution in [0.2, 0.25) is 0 Å². The molecule has 0 radical (unpaired) electrons. The van der Waals surface area contributed by atoms with Crippen molar-refractivity contribution in [1.29, 1.82) is 0 Å². The molecule has 1 N–H and O–H groups in total. The van der Waals surface area contributed by atoms with Gasteiger partial charge >= 0.3 is 0 Å². The van der Waals surface area contributed by atoms with Gasteiger partial charge in [-0.3, -0.25) is 9.59 Å². The minimum Gasteiger partial charge on any atom is -0.382 e. The minimum atomic E-state index is -3.72. The van der Waals surface area contributed by atoms with E-state index in [-0.39, 0.29) is 32.0 Å². The van der Waals surface area contributed by atoms with Crippen LogP contribution in [-0.2, 0) is 43.9 Å². The van der Waals surface area contributed by atoms with Crippen molar-refractivity contribution in [2.45, 2.75) is 38.9 Å². The number of carbonyl (C=O) groups is 2. The van der Waals surface area contributed by atoms with Crippen LogP contribution in [0.4, 0.5) is 0 Å². The fourth-order valence-corrected chi connectivity index (χ4v) is 5.03. The molecular weight excluding hydrogens is 526 g/mol. The number of nitrogens with zero attached hydrogens (tertiary/aromatic N) is 2. The molecular formula is C31H39N3O5S. The van der Waals surface area contributed by atoms with E-state index in [2.05, 4.69) is 5.32 Å². The zero-order valence-electron chi connectivity index (χ0n) is 23.2. The average molecular weight is 566 g/mol. The smallest absolute Gasteiger partial charge is 0.243 e. The van der Waals surface area contributed by atoms with E-state index in [4.69, 9.17) is 4.74 Å². The van der Waals surface area contributed by atoms with Crippen LogP contribution < -0.4 is 5.32 Å². The normalized spacial score (nSPS) is 12.2. The minimum absolute atomic E-state index is 0.0531. The van der Waals surface area contributed by atoms with E-state index in [1.165, 1.54) is 4.90 Å². The predicted molar refractivity (Wildman–Crippen MR) is 157 cm³/mol. The fourth-order valence-electron chi connectivity index (χ4n) is 4.30. The second-order valence-corrected chi connectivity index (χ2v) is 11.6. The van der Waals surface area contributed by atoms with Crippen molar-refractivity contribution >= 4 is 21.8 Å². The van der Waals surface area contributed by atoms with Crippen LogP contribution >= 0.6 is 0 Å². The molecule has 0 saturated carbocycles. The lowest BCUT2D eigenvalue weighted by atomic mass is 10.0. The third-order valence-electron chi connectivity index (χ3n) is 6.42. The van der Waals surface area contributed by atoms with Gasteiger partial charge in [-0.15, -0.1) is 0 Å². The highest BCUT2D eigenvalue weighted by Gasteiger charge is 2.32. The molecule has 0 aliphatic carbocycles. The van der Waals surface area contributed by atoms with Crippen LogP contribution in [0, 0.1) is 0 Å². The van der Waals surface area contributed by atoms with Crippen LogP contribution in [0.1, 0.15) is 30.0 Å². The molecule has 3 aromatic rings. The molecule has 0 spiro atoms. The Morgan fingerprint density at radius 1 is 0.825 bits per heavy atom. The van der Waals surface area contributed by atoms with E-state index in [1.54, 1.807) is 0 Å². The van der Waals surface area contributed by atoms with Gasteiger partial charge in [-0.1, -0.05) is 91.0 Å². The van der Waals surface area contributed by atoms with Gasteiger partial charge in [0.05, 0.1) is 12.8 Å². The fraction of sp³-hybridized carbons (Fsp3) is 0.355. The number of ether oxygens (including phenoxy) is 1. The first-order valence-corrected chi connectivity index (χ1v) is 15.3. The Bertz CT molecular complexity index is 1290. The summed E-state index contributed by atoms with van der Waals surface area (Å²) >= 11 is 0. The van der Waals surface area contributed by atoms with E-state index in [9.17, 15) is 18.0 Å². The standard InChI is InChI=1S/C31H39N3O5S/c1-3-39-21-13-20-32-31(36)29(22-26-14-7-4-8-15-26)34(24-28-18-11-6-12-19-28)30(35)25-33(40(2,37)38)23-27-16-9-5-10-17-27/h4-12,14-19,29H,3,13,20-25H2,1-2H3,(H,32,36)/t29-/m1/s1. The summed E-state index contributed by atoms with van der Waals surface area (Å²) in [6.07, 6.45) is 2.02. The lowest BCUT2D eigenvalue weighted by Gasteiger charge is -2.33. The molecule has 0 aliphatic rings. The van der Waals surface area contributed by atoms with Crippen LogP contribution in [0.3, 0.4) is 0 Å². The number of hydrogen-bond acceptors (Lipinski definition) is 5. The Kier molecular flexibility index (Phi) is 12.3. The van der Waals surface area contributed by atoms with Crippen molar-refractivity contribution in [1.82, 2.24) is 14.5 Å². The van der Waals surface area contributed by atoms with Crippen molar-refractivity contribution in [2.24, 2.45) is 0 Å². The summed E-state index contributed by atoms with van der Waals surface area (Å²) in [6.45, 7) is 3.27. The zero-order chi connectivity index (χ0) is 28.8. The molecule has 214 valence electrons. The third-order valence-corrected chi connectivity index (χ3v) is 7.61. The maximum Gasteiger partial charge on any atom is 0.243 e. The summed E-state index contributed by atoms with van der Waals surface area (Å²) in [5, 5.41) is 2.96. The molecule has 0 unspecified atom stereocenters. The number of rotatable bonds is 16. The molecule has 0 aliphatic heterocycles. The summed E-state index contributed by atoms with van der Waals surface area (Å²) < 4.78 is 32.0. The monoisotopic (exact) mass is 565 g/mol. The molecule has 0 fully saturated rings. The zero-order valence-corrected chi connectivity index (χ0v) is 24.1. The number of amides is 2. The summed E-state index contributed by atoms with van der Waals surface area (Å²) in [5.41, 5.74) is 2.50. The third kappa shape index (κ3) is 10.2. The van der Waals surface area contributed by atoms with Crippen molar-refractivity contribution < 1.29 is 22.7 Å². The topological polar surface area (TPSA) is 96.0 Å². The molecule has 3 rings (SSSR count). The van der Waals surface area contributed by atoms with Gasteiger partial charge in [0, 0.05) is 39.3 Å². The summed E-state index contributed by atoms with van der Waals surface area (Å²) in [4.78, 5) is 29.1. The van der Waals surface area contributed by atoms with Crippen molar-refractivity contribution in [3.63, 3.8) is 0 Å². The van der Waals surface area contributed by atoms with Crippen LogP contribution in [-0.4, -0.2) is 68.0 Å². The number of carbonyl (C=O) groups excluding carboxylic acids is 2. The quantitative estimate of drug-likeness (QED) is 0.268. The molecule has 2 amide bonds. The second-order valence-electron chi connectivity index (χ2n) is 9.57. The Morgan fingerprint density at radius 2 is 1.35 bits per heavy atom. The molecule has 0 heterocycles. The van der Waals surface area contributed by atoms with Crippen molar-refractivity contribution in [3.05, 3.63) is 108 Å². The number of benzene rings is 3. The maximum absolute atomic E-state index is 14.0. The number of nitrogens with one attached hydrogen (secondary N) is 1. The summed E-state index contributed by atoms with van der Waals surface area (Å²) in [5.74, 6) is -0.741. The lowest BCUT2D eigenvalue weighted by molar-refractivity contribution is -0.141. The van der Waals surface area contributed by atoms with Crippen molar-refractivity contribution in [2.75, 3.05) is 32.6 Å². The van der Waals surface area contributed by atoms with Gasteiger partial charge in [0.15, 0.2) is 0 Å². The molecule has 9 heteroatoms. The SMILES string of the molecule is CCOCCCNC(=O)[C@@H](Cc1ccccc1)N(Cc1ccccc1)C(=O)CN(Cc1ccccc1)S(C)(=O)=O. The van der Waals surface area contributed by atoms with Gasteiger partial charge in [0.25, 0.3) is 0 Å². The van der Waals surface area contributed by atoms with Crippen LogP contribution in [0.5, 0.6) is 0 Å². The van der Waals surface area contributed by atoms with E-state index in [0.717, 1.165) is 27.3 Å². The van der Waals surface area contributed by atoms with E-state index < -0.39 is 22.0 Å². The number of hydrogen-bond donors (Lipinski definition) is 1. The van der Waals surface area contributed by atoms with E-state index in [1.807, 2.05) is 97.9 Å². The Morgan fingerprint density at radius 3 is 1.88 bits per heavy atom. The van der Waals surface area contributed by atoms with Gasteiger partial charge in [-0.05, 0) is 30.0 Å². The molecule has 1 atom stereocenters. The summed E-state index contributed by atoms with van der Waals surface area (Å²) in [6, 6.07) is 27.2. The van der Waals surface area contributed by atoms with E-state index >= 15 is 0 Å². The Balaban J connectivity index is 1.92. The molecule has 0 saturated heterocycles. The Hall–Kier alpha value is -3.53. The highest BCUT2D eigenvalue weighted by Crippen LogP contribution is 2.17. The van der Waals surface area contributed by atoms with Gasteiger partial charge < -0.3 is 15.0 Å². The van der Waals surface area contributed by atoms with Crippen LogP contribution in [0.25, 0.3) is 0 Å². The van der Waals surface area contributed by atoms with Gasteiger partial charge in [-0.25, -0.2) is 8.42 Å². The van der Waals surface area contributed by atoms with Crippen LogP contribution in [0.15, 0.2) is 91.0 Å². The highest BCUT2D eigenvalue weighted by atomic mass is 32.2. The predicted octanol–water partition coefficient (Wildman–Crippen LogP) is 3.63. The maximum atomic E-state index is 14.0. The molecule has 40 heavy (non-hydrogen) atoms. The van der Waals surface area contributed by atoms with Crippen molar-refractivity contribution in [3.8, 4) is 0 Å². The Labute approximate surface area is 238 Å². The first-order valence-electron chi connectivity index (χ1n) is 13.5.